The highest BCUT2D eigenvalue weighted by atomic mass is 79.9. The molecule has 7 heteroatoms. The molecule has 2 heterocycles. The average Bonchev–Trinajstić information content (AvgIpc) is 3.11. The Labute approximate surface area is 153 Å². The lowest BCUT2D eigenvalue weighted by atomic mass is 10.2. The van der Waals surface area contributed by atoms with Crippen LogP contribution in [0.1, 0.15) is 23.2 Å². The summed E-state index contributed by atoms with van der Waals surface area (Å²) in [6, 6.07) is 10.2. The van der Waals surface area contributed by atoms with E-state index in [1.807, 2.05) is 24.3 Å². The summed E-state index contributed by atoms with van der Waals surface area (Å²) >= 11 is 3.38. The molecule has 1 aromatic carbocycles. The van der Waals surface area contributed by atoms with Gasteiger partial charge in [0.1, 0.15) is 11.8 Å². The van der Waals surface area contributed by atoms with Gasteiger partial charge < -0.3 is 14.4 Å². The van der Waals surface area contributed by atoms with Gasteiger partial charge in [0, 0.05) is 23.3 Å². The summed E-state index contributed by atoms with van der Waals surface area (Å²) in [6.07, 6.45) is 2.86. The smallest absolute Gasteiger partial charge is 0.328 e. The van der Waals surface area contributed by atoms with Crippen molar-refractivity contribution in [2.75, 3.05) is 13.7 Å². The maximum absolute atomic E-state index is 12.6. The van der Waals surface area contributed by atoms with E-state index in [4.69, 9.17) is 9.47 Å². The van der Waals surface area contributed by atoms with Crippen molar-refractivity contribution in [3.8, 4) is 11.6 Å². The van der Waals surface area contributed by atoms with E-state index in [1.54, 1.807) is 12.1 Å². The van der Waals surface area contributed by atoms with E-state index in [9.17, 15) is 9.59 Å². The maximum atomic E-state index is 12.6. The van der Waals surface area contributed by atoms with Gasteiger partial charge in [0.2, 0.25) is 5.88 Å². The van der Waals surface area contributed by atoms with Crippen LogP contribution in [-0.4, -0.2) is 41.5 Å². The van der Waals surface area contributed by atoms with Crippen molar-refractivity contribution in [3.63, 3.8) is 0 Å². The number of likely N-dealkylation sites (tertiary alicyclic amines) is 1. The number of esters is 1. The second-order valence-electron chi connectivity index (χ2n) is 5.62. The van der Waals surface area contributed by atoms with Crippen LogP contribution in [0.4, 0.5) is 0 Å². The van der Waals surface area contributed by atoms with Gasteiger partial charge in [-0.3, -0.25) is 4.79 Å². The molecule has 0 bridgehead atoms. The van der Waals surface area contributed by atoms with Crippen LogP contribution >= 0.6 is 15.9 Å². The van der Waals surface area contributed by atoms with Crippen molar-refractivity contribution >= 4 is 27.8 Å². The minimum Gasteiger partial charge on any atom is -0.467 e. The molecule has 1 atom stereocenters. The van der Waals surface area contributed by atoms with Gasteiger partial charge in [-0.2, -0.15) is 0 Å². The number of hydrogen-bond donors (Lipinski definition) is 0. The molecular weight excluding hydrogens is 388 g/mol. The molecule has 0 spiro atoms. The van der Waals surface area contributed by atoms with E-state index < -0.39 is 6.04 Å². The molecule has 130 valence electrons. The Bertz CT molecular complexity index is 779. The summed E-state index contributed by atoms with van der Waals surface area (Å²) in [5, 5.41) is 0. The molecule has 25 heavy (non-hydrogen) atoms. The van der Waals surface area contributed by atoms with Crippen LogP contribution in [-0.2, 0) is 9.53 Å². The lowest BCUT2D eigenvalue weighted by Gasteiger charge is -2.22. The molecule has 1 aromatic heterocycles. The summed E-state index contributed by atoms with van der Waals surface area (Å²) in [5.74, 6) is 0.426. The predicted octanol–water partition coefficient (Wildman–Crippen LogP) is 3.41. The van der Waals surface area contributed by atoms with Crippen molar-refractivity contribution in [1.82, 2.24) is 9.88 Å². The van der Waals surface area contributed by atoms with Crippen LogP contribution in [0.15, 0.2) is 47.1 Å². The zero-order valence-corrected chi connectivity index (χ0v) is 15.2. The summed E-state index contributed by atoms with van der Waals surface area (Å²) in [4.78, 5) is 30.1. The van der Waals surface area contributed by atoms with Crippen molar-refractivity contribution in [1.29, 1.82) is 0 Å². The van der Waals surface area contributed by atoms with Crippen molar-refractivity contribution < 1.29 is 19.1 Å². The van der Waals surface area contributed by atoms with Gasteiger partial charge in [0.25, 0.3) is 5.91 Å². The van der Waals surface area contributed by atoms with Gasteiger partial charge in [-0.25, -0.2) is 9.78 Å². The Balaban J connectivity index is 1.71. The van der Waals surface area contributed by atoms with E-state index in [0.29, 0.717) is 30.2 Å². The second kappa shape index (κ2) is 7.65. The Morgan fingerprint density at radius 1 is 1.28 bits per heavy atom. The molecule has 2 aromatic rings. The first-order valence-electron chi connectivity index (χ1n) is 7.87. The molecule has 1 unspecified atom stereocenters. The lowest BCUT2D eigenvalue weighted by molar-refractivity contribution is -0.145. The number of rotatable bonds is 4. The molecule has 0 saturated carbocycles. The number of carbonyl (C=O) groups excluding carboxylic acids is 2. The maximum Gasteiger partial charge on any atom is 0.328 e. The molecule has 1 fully saturated rings. The number of amides is 1. The highest BCUT2D eigenvalue weighted by Crippen LogP contribution is 2.24. The van der Waals surface area contributed by atoms with Crippen LogP contribution in [0, 0.1) is 0 Å². The van der Waals surface area contributed by atoms with E-state index >= 15 is 0 Å². The van der Waals surface area contributed by atoms with Crippen molar-refractivity contribution in [2.24, 2.45) is 0 Å². The lowest BCUT2D eigenvalue weighted by Crippen LogP contribution is -2.41. The topological polar surface area (TPSA) is 68.7 Å². The van der Waals surface area contributed by atoms with Crippen LogP contribution in [0.3, 0.4) is 0 Å². The average molecular weight is 405 g/mol. The van der Waals surface area contributed by atoms with Gasteiger partial charge in [-0.05, 0) is 37.1 Å². The van der Waals surface area contributed by atoms with Gasteiger partial charge in [-0.15, -0.1) is 0 Å². The van der Waals surface area contributed by atoms with E-state index in [1.165, 1.54) is 18.2 Å². The number of halogens is 1. The molecule has 1 aliphatic heterocycles. The fraction of sp³-hybridized carbons (Fsp3) is 0.278. The third-order valence-electron chi connectivity index (χ3n) is 3.99. The summed E-state index contributed by atoms with van der Waals surface area (Å²) in [7, 11) is 1.33. The van der Waals surface area contributed by atoms with E-state index in [-0.39, 0.29) is 11.9 Å². The highest BCUT2D eigenvalue weighted by Gasteiger charge is 2.35. The zero-order valence-electron chi connectivity index (χ0n) is 13.6. The number of aromatic nitrogens is 1. The molecular formula is C18H17BrN2O4. The quantitative estimate of drug-likeness (QED) is 0.730. The monoisotopic (exact) mass is 404 g/mol. The number of methoxy groups -OCH3 is 1. The standard InChI is InChI=1S/C18H17BrN2O4/c1-24-18(23)15-6-3-9-21(15)17(22)12-7-8-16(20-11-12)25-14-5-2-4-13(19)10-14/h2,4-5,7-8,10-11,15H,3,6,9H2,1H3. The fourth-order valence-electron chi connectivity index (χ4n) is 2.78. The molecule has 0 radical (unpaired) electrons. The van der Waals surface area contributed by atoms with Crippen LogP contribution in [0.5, 0.6) is 11.6 Å². The van der Waals surface area contributed by atoms with Gasteiger partial charge >= 0.3 is 5.97 Å². The normalized spacial score (nSPS) is 16.6. The molecule has 0 N–H and O–H groups in total. The number of nitrogens with zero attached hydrogens (tertiary/aromatic N) is 2. The molecule has 1 saturated heterocycles. The minimum atomic E-state index is -0.518. The molecule has 1 aliphatic rings. The van der Waals surface area contributed by atoms with Crippen molar-refractivity contribution in [2.45, 2.75) is 18.9 Å². The third-order valence-corrected chi connectivity index (χ3v) is 4.48. The number of carbonyl (C=O) groups is 2. The first-order valence-corrected chi connectivity index (χ1v) is 8.66. The largest absolute Gasteiger partial charge is 0.467 e. The molecule has 1 amide bonds. The van der Waals surface area contributed by atoms with Gasteiger partial charge in [0.15, 0.2) is 0 Å². The van der Waals surface area contributed by atoms with Crippen LogP contribution in [0.25, 0.3) is 0 Å². The molecule has 3 rings (SSSR count). The third kappa shape index (κ3) is 3.99. The number of ether oxygens (including phenoxy) is 2. The Morgan fingerprint density at radius 2 is 2.12 bits per heavy atom. The van der Waals surface area contributed by atoms with Gasteiger partial charge in [-0.1, -0.05) is 22.0 Å². The summed E-state index contributed by atoms with van der Waals surface area (Å²) in [5.41, 5.74) is 0.414. The minimum absolute atomic E-state index is 0.227. The van der Waals surface area contributed by atoms with Crippen LogP contribution < -0.4 is 4.74 Å². The first kappa shape index (κ1) is 17.4. The van der Waals surface area contributed by atoms with Crippen LogP contribution in [0.2, 0.25) is 0 Å². The Kier molecular flexibility index (Phi) is 5.33. The van der Waals surface area contributed by atoms with Gasteiger partial charge in [0.05, 0.1) is 12.7 Å². The number of benzene rings is 1. The predicted molar refractivity (Wildman–Crippen MR) is 94.5 cm³/mol. The number of pyridine rings is 1. The highest BCUT2D eigenvalue weighted by molar-refractivity contribution is 9.10. The number of hydrogen-bond acceptors (Lipinski definition) is 5. The summed E-state index contributed by atoms with van der Waals surface area (Å²) < 4.78 is 11.3. The molecule has 6 nitrogen and oxygen atoms in total. The molecule has 0 aliphatic carbocycles. The Hall–Kier alpha value is -2.41. The summed E-state index contributed by atoms with van der Waals surface area (Å²) in [6.45, 7) is 0.537. The SMILES string of the molecule is COC(=O)C1CCCN1C(=O)c1ccc(Oc2cccc(Br)c2)nc1. The fourth-order valence-corrected chi connectivity index (χ4v) is 3.15. The van der Waals surface area contributed by atoms with Crippen molar-refractivity contribution in [3.05, 3.63) is 52.6 Å². The van der Waals surface area contributed by atoms with E-state index in [2.05, 4.69) is 20.9 Å². The Morgan fingerprint density at radius 3 is 2.80 bits per heavy atom. The zero-order chi connectivity index (χ0) is 17.8. The first-order chi connectivity index (χ1) is 12.1. The van der Waals surface area contributed by atoms with E-state index in [0.717, 1.165) is 10.9 Å². The second-order valence-corrected chi connectivity index (χ2v) is 6.54.